The second-order valence-electron chi connectivity index (χ2n) is 7.59. The summed E-state index contributed by atoms with van der Waals surface area (Å²) in [5, 5.41) is 5.24. The number of carbonyl (C=O) groups excluding carboxylic acids is 2. The summed E-state index contributed by atoms with van der Waals surface area (Å²) in [6.45, 7) is 2.69. The number of anilines is 2. The van der Waals surface area contributed by atoms with E-state index in [2.05, 4.69) is 39.8 Å². The molecule has 31 heavy (non-hydrogen) atoms. The molecule has 0 aliphatic carbocycles. The fraction of sp³-hybridized carbons (Fsp3) is 0.417. The Labute approximate surface area is 183 Å². The number of carbonyl (C=O) groups is 2. The number of hydrogen-bond donors (Lipinski definition) is 2. The number of ether oxygens (including phenoxy) is 2. The van der Waals surface area contributed by atoms with Gasteiger partial charge in [-0.1, -0.05) is 12.1 Å². The molecule has 0 aromatic heterocycles. The molecule has 0 unspecified atom stereocenters. The van der Waals surface area contributed by atoms with E-state index in [9.17, 15) is 9.59 Å². The van der Waals surface area contributed by atoms with Gasteiger partial charge in [0.1, 0.15) is 11.5 Å². The van der Waals surface area contributed by atoms with Gasteiger partial charge in [-0.05, 0) is 61.9 Å². The normalized spacial score (nSPS) is 13.4. The van der Waals surface area contributed by atoms with Crippen molar-refractivity contribution in [2.24, 2.45) is 0 Å². The Kier molecular flexibility index (Phi) is 8.15. The summed E-state index contributed by atoms with van der Waals surface area (Å²) in [4.78, 5) is 26.8. The van der Waals surface area contributed by atoms with Crippen LogP contribution in [0.3, 0.4) is 0 Å². The van der Waals surface area contributed by atoms with Gasteiger partial charge in [-0.3, -0.25) is 9.59 Å². The fourth-order valence-corrected chi connectivity index (χ4v) is 3.69. The molecular formula is C24H31N3O4. The summed E-state index contributed by atoms with van der Waals surface area (Å²) in [7, 11) is 3.03. The summed E-state index contributed by atoms with van der Waals surface area (Å²) in [5.74, 6) is -0.402. The number of benzene rings is 2. The topological polar surface area (TPSA) is 79.9 Å². The van der Waals surface area contributed by atoms with Crippen LogP contribution in [0.15, 0.2) is 42.5 Å². The molecule has 7 heteroatoms. The quantitative estimate of drug-likeness (QED) is 0.501. The monoisotopic (exact) mass is 425 g/mol. The van der Waals surface area contributed by atoms with Crippen LogP contribution in [0.25, 0.3) is 0 Å². The van der Waals surface area contributed by atoms with E-state index in [1.165, 1.54) is 44.7 Å². The molecule has 1 fully saturated rings. The van der Waals surface area contributed by atoms with Crippen molar-refractivity contribution in [3.05, 3.63) is 48.0 Å². The smallest absolute Gasteiger partial charge is 0.313 e. The first-order valence-corrected chi connectivity index (χ1v) is 10.8. The average Bonchev–Trinajstić information content (AvgIpc) is 2.82. The molecule has 2 N–H and O–H groups in total. The molecule has 0 saturated carbocycles. The maximum Gasteiger partial charge on any atom is 0.313 e. The van der Waals surface area contributed by atoms with Gasteiger partial charge in [0, 0.05) is 31.4 Å². The first kappa shape index (κ1) is 22.5. The lowest BCUT2D eigenvalue weighted by atomic mass is 10.1. The van der Waals surface area contributed by atoms with E-state index in [-0.39, 0.29) is 0 Å². The molecule has 0 bridgehead atoms. The van der Waals surface area contributed by atoms with Gasteiger partial charge in [-0.15, -0.1) is 0 Å². The Balaban J connectivity index is 1.42. The van der Waals surface area contributed by atoms with Crippen molar-refractivity contribution < 1.29 is 19.1 Å². The molecule has 2 aromatic rings. The first-order chi connectivity index (χ1) is 15.1. The molecule has 166 valence electrons. The van der Waals surface area contributed by atoms with Gasteiger partial charge in [0.2, 0.25) is 0 Å². The molecule has 1 aliphatic heterocycles. The van der Waals surface area contributed by atoms with Gasteiger partial charge >= 0.3 is 11.8 Å². The van der Waals surface area contributed by atoms with Crippen LogP contribution in [-0.2, 0) is 16.0 Å². The Bertz CT molecular complexity index is 877. The minimum atomic E-state index is -0.738. The number of hydrogen-bond acceptors (Lipinski definition) is 5. The van der Waals surface area contributed by atoms with E-state index in [0.717, 1.165) is 25.9 Å². The number of nitrogens with one attached hydrogen (secondary N) is 2. The standard InChI is InChI=1S/C24H31N3O4/c1-30-20-12-13-22(31-2)21(17-20)26-24(29)23(28)25-14-6-7-18-8-10-19(11-9-18)27-15-4-3-5-16-27/h8-13,17H,3-7,14-16H2,1-2H3,(H,25,28)(H,26,29). The predicted molar refractivity (Wildman–Crippen MR) is 122 cm³/mol. The number of methoxy groups -OCH3 is 2. The van der Waals surface area contributed by atoms with Crippen molar-refractivity contribution in [2.75, 3.05) is 44.1 Å². The second kappa shape index (κ2) is 11.2. The zero-order chi connectivity index (χ0) is 22.1. The lowest BCUT2D eigenvalue weighted by molar-refractivity contribution is -0.136. The Morgan fingerprint density at radius 2 is 1.68 bits per heavy atom. The highest BCUT2D eigenvalue weighted by atomic mass is 16.5. The molecule has 0 radical (unpaired) electrons. The number of aryl methyl sites for hydroxylation is 1. The van der Waals surface area contributed by atoms with Crippen LogP contribution in [-0.4, -0.2) is 45.7 Å². The summed E-state index contributed by atoms with van der Waals surface area (Å²) in [6.07, 6.45) is 5.45. The van der Waals surface area contributed by atoms with Gasteiger partial charge in [0.25, 0.3) is 0 Å². The summed E-state index contributed by atoms with van der Waals surface area (Å²) in [5.41, 5.74) is 2.89. The lowest BCUT2D eigenvalue weighted by Gasteiger charge is -2.28. The number of rotatable bonds is 8. The minimum Gasteiger partial charge on any atom is -0.497 e. The number of nitrogens with zero attached hydrogens (tertiary/aromatic N) is 1. The van der Waals surface area contributed by atoms with Crippen molar-refractivity contribution in [1.82, 2.24) is 5.32 Å². The van der Waals surface area contributed by atoms with E-state index in [1.54, 1.807) is 18.2 Å². The molecule has 7 nitrogen and oxygen atoms in total. The molecular weight excluding hydrogens is 394 g/mol. The third-order valence-electron chi connectivity index (χ3n) is 5.45. The minimum absolute atomic E-state index is 0.385. The molecule has 2 aromatic carbocycles. The highest BCUT2D eigenvalue weighted by Crippen LogP contribution is 2.28. The lowest BCUT2D eigenvalue weighted by Crippen LogP contribution is -2.36. The maximum absolute atomic E-state index is 12.2. The third kappa shape index (κ3) is 6.38. The summed E-state index contributed by atoms with van der Waals surface area (Å²) >= 11 is 0. The Hall–Kier alpha value is -3.22. The van der Waals surface area contributed by atoms with Crippen molar-refractivity contribution in [3.63, 3.8) is 0 Å². The van der Waals surface area contributed by atoms with Crippen LogP contribution >= 0.6 is 0 Å². The first-order valence-electron chi connectivity index (χ1n) is 10.8. The summed E-state index contributed by atoms with van der Waals surface area (Å²) in [6, 6.07) is 13.6. The summed E-state index contributed by atoms with van der Waals surface area (Å²) < 4.78 is 10.4. The molecule has 2 amide bonds. The van der Waals surface area contributed by atoms with E-state index < -0.39 is 11.8 Å². The van der Waals surface area contributed by atoms with Crippen molar-refractivity contribution in [1.29, 1.82) is 0 Å². The van der Waals surface area contributed by atoms with E-state index in [0.29, 0.717) is 23.7 Å². The molecule has 0 atom stereocenters. The number of piperidine rings is 1. The highest BCUT2D eigenvalue weighted by molar-refractivity contribution is 6.39. The van der Waals surface area contributed by atoms with Crippen molar-refractivity contribution in [3.8, 4) is 11.5 Å². The largest absolute Gasteiger partial charge is 0.497 e. The van der Waals surface area contributed by atoms with Gasteiger partial charge in [0.15, 0.2) is 0 Å². The van der Waals surface area contributed by atoms with E-state index >= 15 is 0 Å². The van der Waals surface area contributed by atoms with Crippen LogP contribution < -0.4 is 25.0 Å². The molecule has 3 rings (SSSR count). The number of amides is 2. The van der Waals surface area contributed by atoms with Gasteiger partial charge in [-0.2, -0.15) is 0 Å². The molecule has 0 spiro atoms. The maximum atomic E-state index is 12.2. The van der Waals surface area contributed by atoms with Gasteiger partial charge in [0.05, 0.1) is 19.9 Å². The molecule has 1 saturated heterocycles. The highest BCUT2D eigenvalue weighted by Gasteiger charge is 2.16. The van der Waals surface area contributed by atoms with E-state index in [1.807, 2.05) is 0 Å². The molecule has 1 aliphatic rings. The van der Waals surface area contributed by atoms with Crippen LogP contribution in [0.1, 0.15) is 31.2 Å². The third-order valence-corrected chi connectivity index (χ3v) is 5.45. The van der Waals surface area contributed by atoms with Crippen molar-refractivity contribution >= 4 is 23.2 Å². The zero-order valence-electron chi connectivity index (χ0n) is 18.3. The van der Waals surface area contributed by atoms with Crippen LogP contribution in [0.5, 0.6) is 11.5 Å². The Morgan fingerprint density at radius 1 is 0.935 bits per heavy atom. The Morgan fingerprint density at radius 3 is 2.35 bits per heavy atom. The van der Waals surface area contributed by atoms with Crippen LogP contribution in [0.2, 0.25) is 0 Å². The van der Waals surface area contributed by atoms with Crippen LogP contribution in [0.4, 0.5) is 11.4 Å². The zero-order valence-corrected chi connectivity index (χ0v) is 18.3. The van der Waals surface area contributed by atoms with Gasteiger partial charge in [-0.25, -0.2) is 0 Å². The SMILES string of the molecule is COc1ccc(OC)c(NC(=O)C(=O)NCCCc2ccc(N3CCCCC3)cc2)c1. The van der Waals surface area contributed by atoms with Gasteiger partial charge < -0.3 is 25.0 Å². The van der Waals surface area contributed by atoms with Crippen LogP contribution in [0, 0.1) is 0 Å². The molecule has 1 heterocycles. The second-order valence-corrected chi connectivity index (χ2v) is 7.59. The van der Waals surface area contributed by atoms with Crippen molar-refractivity contribution in [2.45, 2.75) is 32.1 Å². The average molecular weight is 426 g/mol. The fourth-order valence-electron chi connectivity index (χ4n) is 3.69. The predicted octanol–water partition coefficient (Wildman–Crippen LogP) is 3.38. The van der Waals surface area contributed by atoms with E-state index in [4.69, 9.17) is 9.47 Å².